The van der Waals surface area contributed by atoms with Crippen LogP contribution in [0.1, 0.15) is 53.9 Å². The van der Waals surface area contributed by atoms with Crippen LogP contribution in [-0.4, -0.2) is 34.3 Å². The summed E-state index contributed by atoms with van der Waals surface area (Å²) < 4.78 is 56.4. The quantitative estimate of drug-likeness (QED) is 0.263. The third-order valence-corrected chi connectivity index (χ3v) is 7.30. The van der Waals surface area contributed by atoms with Crippen molar-refractivity contribution in [3.05, 3.63) is 112 Å². The smallest absolute Gasteiger partial charge is 0.303 e. The van der Waals surface area contributed by atoms with Crippen LogP contribution in [0.15, 0.2) is 83.7 Å². The Labute approximate surface area is 218 Å². The van der Waals surface area contributed by atoms with Crippen LogP contribution < -0.4 is 5.56 Å². The summed E-state index contributed by atoms with van der Waals surface area (Å²) in [5, 5.41) is 5.56. The zero-order chi connectivity index (χ0) is 26.7. The molecule has 4 aromatic rings. The van der Waals surface area contributed by atoms with E-state index in [0.29, 0.717) is 54.3 Å². The number of hydrogen-bond donors (Lipinski definition) is 0. The lowest BCUT2D eigenvalue weighted by atomic mass is 10.0. The maximum atomic E-state index is 15.7. The van der Waals surface area contributed by atoms with E-state index in [2.05, 4.69) is 10.00 Å². The third-order valence-electron chi connectivity index (χ3n) is 7.30. The lowest BCUT2D eigenvalue weighted by Crippen LogP contribution is -2.31. The molecule has 2 atom stereocenters. The first kappa shape index (κ1) is 26.1. The zero-order valence-corrected chi connectivity index (χ0v) is 20.9. The molecule has 2 heterocycles. The van der Waals surface area contributed by atoms with E-state index in [9.17, 15) is 18.0 Å². The van der Waals surface area contributed by atoms with Gasteiger partial charge in [0.1, 0.15) is 5.69 Å². The molecule has 38 heavy (non-hydrogen) atoms. The van der Waals surface area contributed by atoms with E-state index < -0.39 is 17.9 Å². The fraction of sp³-hybridized carbons (Fsp3) is 0.333. The van der Waals surface area contributed by atoms with Gasteiger partial charge in [0.15, 0.2) is 6.17 Å². The molecule has 5 rings (SSSR count). The predicted molar refractivity (Wildman–Crippen MR) is 140 cm³/mol. The van der Waals surface area contributed by atoms with Gasteiger partial charge >= 0.3 is 6.18 Å². The van der Waals surface area contributed by atoms with E-state index >= 15 is 4.39 Å². The summed E-state index contributed by atoms with van der Waals surface area (Å²) >= 11 is 0. The van der Waals surface area contributed by atoms with Crippen molar-refractivity contribution in [3.63, 3.8) is 0 Å². The van der Waals surface area contributed by atoms with E-state index in [1.54, 1.807) is 54.6 Å². The highest BCUT2D eigenvalue weighted by molar-refractivity contribution is 5.84. The van der Waals surface area contributed by atoms with Gasteiger partial charge in [-0.2, -0.15) is 18.3 Å². The van der Waals surface area contributed by atoms with Crippen molar-refractivity contribution in [3.8, 4) is 0 Å². The Hall–Kier alpha value is -3.52. The Bertz CT molecular complexity index is 1450. The van der Waals surface area contributed by atoms with Gasteiger partial charge in [-0.3, -0.25) is 4.79 Å². The Morgan fingerprint density at radius 2 is 1.63 bits per heavy atom. The van der Waals surface area contributed by atoms with Gasteiger partial charge in [-0.15, -0.1) is 0 Å². The minimum absolute atomic E-state index is 0.188. The van der Waals surface area contributed by atoms with Crippen LogP contribution in [0.4, 0.5) is 17.6 Å². The van der Waals surface area contributed by atoms with Gasteiger partial charge in [-0.25, -0.2) is 9.07 Å². The second kappa shape index (κ2) is 11.1. The molecule has 0 radical (unpaired) electrons. The van der Waals surface area contributed by atoms with Crippen molar-refractivity contribution in [2.24, 2.45) is 0 Å². The molecule has 198 valence electrons. The molecule has 1 aliphatic rings. The molecule has 0 N–H and O–H groups in total. The first-order valence-electron chi connectivity index (χ1n) is 12.9. The minimum Gasteiger partial charge on any atom is -0.303 e. The monoisotopic (exact) mass is 523 g/mol. The van der Waals surface area contributed by atoms with Gasteiger partial charge in [-0.1, -0.05) is 66.7 Å². The van der Waals surface area contributed by atoms with Gasteiger partial charge in [-0.05, 0) is 55.5 Å². The predicted octanol–water partition coefficient (Wildman–Crippen LogP) is 6.74. The number of likely N-dealkylation sites (tertiary alicyclic amines) is 1. The molecule has 0 spiro atoms. The molecule has 3 aromatic carbocycles. The minimum atomic E-state index is -4.36. The topological polar surface area (TPSA) is 38.1 Å². The Balaban J connectivity index is 1.35. The molecule has 0 amide bonds. The molecule has 1 aliphatic heterocycles. The van der Waals surface area contributed by atoms with Crippen LogP contribution in [0.3, 0.4) is 0 Å². The van der Waals surface area contributed by atoms with Crippen LogP contribution in [0.2, 0.25) is 0 Å². The second-order valence-corrected chi connectivity index (χ2v) is 9.83. The molecular formula is C30H29F4N3O. The summed E-state index contributed by atoms with van der Waals surface area (Å²) in [5.74, 6) is 0. The highest BCUT2D eigenvalue weighted by Gasteiger charge is 2.30. The van der Waals surface area contributed by atoms with Crippen LogP contribution in [0.5, 0.6) is 0 Å². The van der Waals surface area contributed by atoms with Gasteiger partial charge in [0.25, 0.3) is 5.56 Å². The van der Waals surface area contributed by atoms with E-state index in [0.717, 1.165) is 19.0 Å². The Morgan fingerprint density at radius 1 is 0.895 bits per heavy atom. The summed E-state index contributed by atoms with van der Waals surface area (Å²) in [6, 6.07) is 21.1. The normalized spacial score (nSPS) is 17.8. The van der Waals surface area contributed by atoms with Crippen molar-refractivity contribution in [1.29, 1.82) is 0 Å². The number of hydrogen-bond acceptors (Lipinski definition) is 3. The lowest BCUT2D eigenvalue weighted by Gasteiger charge is -2.22. The number of fused-ring (bicyclic) bond motifs is 1. The first-order valence-corrected chi connectivity index (χ1v) is 12.9. The molecule has 1 saturated heterocycles. The van der Waals surface area contributed by atoms with E-state index in [1.165, 1.54) is 16.8 Å². The summed E-state index contributed by atoms with van der Waals surface area (Å²) in [6.07, 6.45) is -3.15. The maximum Gasteiger partial charge on any atom is 0.416 e. The summed E-state index contributed by atoms with van der Waals surface area (Å²) in [7, 11) is 0. The molecule has 1 aromatic heterocycles. The number of nitrogens with zero attached hydrogens (tertiary/aromatic N) is 3. The van der Waals surface area contributed by atoms with E-state index in [4.69, 9.17) is 0 Å². The van der Waals surface area contributed by atoms with Crippen LogP contribution in [0, 0.1) is 0 Å². The standard InChI is InChI=1S/C30H29F4N3O/c31-27(22-9-2-1-3-10-22)28-25-13-4-5-14-26(25)29(38)37(35-28)24-12-7-17-36(19-16-24)18-15-21-8-6-11-23(20-21)30(32,33)34/h1-6,8-11,13-14,20,24,27H,7,12,15-19H2. The molecule has 8 heteroatoms. The summed E-state index contributed by atoms with van der Waals surface area (Å²) in [6.45, 7) is 2.08. The van der Waals surface area contributed by atoms with Crippen LogP contribution in [-0.2, 0) is 12.6 Å². The largest absolute Gasteiger partial charge is 0.416 e. The third kappa shape index (κ3) is 5.65. The molecule has 4 nitrogen and oxygen atoms in total. The van der Waals surface area contributed by atoms with Crippen molar-refractivity contribution in [2.75, 3.05) is 19.6 Å². The van der Waals surface area contributed by atoms with Gasteiger partial charge in [0.05, 0.1) is 17.0 Å². The molecule has 0 saturated carbocycles. The first-order chi connectivity index (χ1) is 18.3. The number of alkyl halides is 4. The summed E-state index contributed by atoms with van der Waals surface area (Å²) in [5.41, 5.74) is 0.499. The number of rotatable bonds is 6. The lowest BCUT2D eigenvalue weighted by molar-refractivity contribution is -0.137. The van der Waals surface area contributed by atoms with Crippen LogP contribution >= 0.6 is 0 Å². The number of aromatic nitrogens is 2. The zero-order valence-electron chi connectivity index (χ0n) is 20.9. The maximum absolute atomic E-state index is 15.7. The Kier molecular flexibility index (Phi) is 7.61. The van der Waals surface area contributed by atoms with E-state index in [-0.39, 0.29) is 17.3 Å². The number of halogens is 4. The van der Waals surface area contributed by atoms with Crippen molar-refractivity contribution < 1.29 is 17.6 Å². The SMILES string of the molecule is O=c1c2ccccc2c(C(F)c2ccccc2)nn1C1CCCN(CCc2cccc(C(F)(F)F)c2)CC1. The fourth-order valence-corrected chi connectivity index (χ4v) is 5.24. The average Bonchev–Trinajstić information content (AvgIpc) is 3.18. The van der Waals surface area contributed by atoms with Gasteiger partial charge < -0.3 is 4.90 Å². The highest BCUT2D eigenvalue weighted by atomic mass is 19.4. The highest BCUT2D eigenvalue weighted by Crippen LogP contribution is 2.31. The molecule has 0 bridgehead atoms. The number of benzene rings is 3. The second-order valence-electron chi connectivity index (χ2n) is 9.83. The molecule has 0 aliphatic carbocycles. The van der Waals surface area contributed by atoms with Crippen molar-refractivity contribution in [2.45, 2.75) is 44.1 Å². The van der Waals surface area contributed by atoms with Crippen molar-refractivity contribution in [1.82, 2.24) is 14.7 Å². The van der Waals surface area contributed by atoms with Gasteiger partial charge in [0.2, 0.25) is 0 Å². The molecule has 2 unspecified atom stereocenters. The average molecular weight is 524 g/mol. The molecule has 1 fully saturated rings. The Morgan fingerprint density at radius 3 is 2.39 bits per heavy atom. The van der Waals surface area contributed by atoms with Crippen LogP contribution in [0.25, 0.3) is 10.8 Å². The summed E-state index contributed by atoms with van der Waals surface area (Å²) in [4.78, 5) is 15.6. The van der Waals surface area contributed by atoms with Gasteiger partial charge in [0, 0.05) is 18.5 Å². The fourth-order valence-electron chi connectivity index (χ4n) is 5.24. The molecular weight excluding hydrogens is 494 g/mol. The van der Waals surface area contributed by atoms with Crippen molar-refractivity contribution >= 4 is 10.8 Å². The van der Waals surface area contributed by atoms with E-state index in [1.807, 2.05) is 6.07 Å².